The Morgan fingerprint density at radius 2 is 1.71 bits per heavy atom. The van der Waals surface area contributed by atoms with Crippen LogP contribution in [0.25, 0.3) is 22.2 Å². The Morgan fingerprint density at radius 3 is 2.39 bits per heavy atom. The van der Waals surface area contributed by atoms with Gasteiger partial charge in [-0.3, -0.25) is 0 Å². The van der Waals surface area contributed by atoms with E-state index in [1.807, 2.05) is 29.6 Å². The van der Waals surface area contributed by atoms with Gasteiger partial charge in [0.1, 0.15) is 16.2 Å². The van der Waals surface area contributed by atoms with E-state index in [1.165, 1.54) is 40.3 Å². The second-order valence-electron chi connectivity index (χ2n) is 6.63. The first-order valence-corrected chi connectivity index (χ1v) is 11.8. The molecule has 0 fully saturated rings. The van der Waals surface area contributed by atoms with Crippen LogP contribution in [0.4, 0.5) is 5.82 Å². The number of thiophene rings is 1. The van der Waals surface area contributed by atoms with Gasteiger partial charge < -0.3 is 5.73 Å². The van der Waals surface area contributed by atoms with Crippen molar-refractivity contribution in [3.8, 4) is 0 Å². The number of nitrogen functional groups attached to an aromatic ring is 1. The van der Waals surface area contributed by atoms with Gasteiger partial charge in [0.25, 0.3) is 0 Å². The molecule has 0 aliphatic heterocycles. The van der Waals surface area contributed by atoms with Crippen molar-refractivity contribution >= 4 is 67.0 Å². The first kappa shape index (κ1) is 19.7. The average Bonchev–Trinajstić information content (AvgIpc) is 3.36. The van der Waals surface area contributed by atoms with E-state index in [-0.39, 0.29) is 26.8 Å². The monoisotopic (exact) mass is 467 g/mol. The summed E-state index contributed by atoms with van der Waals surface area (Å²) in [5, 5.41) is 6.76. The highest BCUT2D eigenvalue weighted by Crippen LogP contribution is 2.35. The fourth-order valence-electron chi connectivity index (χ4n) is 3.22. The minimum atomic E-state index is -4.01. The summed E-state index contributed by atoms with van der Waals surface area (Å²) in [5.74, 6) is -0.0620. The molecule has 0 atom stereocenters. The lowest BCUT2D eigenvalue weighted by Crippen LogP contribution is -2.06. The standard InChI is InChI=1S/C21H14ClN5O2S2/c22-13-7-9-15(10-8-13)31(28,29)19-18-21(26-17-6-2-1-5-16(17)25-18)27(20(19)23)24-12-14-4-3-11-30-14/h1-12H,23H2. The Hall–Kier alpha value is -3.27. The van der Waals surface area contributed by atoms with Crippen LogP contribution >= 0.6 is 22.9 Å². The zero-order chi connectivity index (χ0) is 21.6. The van der Waals surface area contributed by atoms with Crippen LogP contribution in [0.2, 0.25) is 5.02 Å². The van der Waals surface area contributed by atoms with Crippen LogP contribution in [0.5, 0.6) is 0 Å². The number of benzene rings is 2. The summed E-state index contributed by atoms with van der Waals surface area (Å²) in [7, 11) is -4.01. The molecule has 0 aliphatic rings. The molecule has 5 rings (SSSR count). The number of hydrogen-bond acceptors (Lipinski definition) is 7. The van der Waals surface area contributed by atoms with Crippen molar-refractivity contribution in [2.45, 2.75) is 9.79 Å². The van der Waals surface area contributed by atoms with E-state index in [4.69, 9.17) is 17.3 Å². The van der Waals surface area contributed by atoms with Gasteiger partial charge in [-0.15, -0.1) is 11.3 Å². The number of para-hydroxylation sites is 2. The summed E-state index contributed by atoms with van der Waals surface area (Å²) in [5.41, 5.74) is 7.93. The maximum atomic E-state index is 13.5. The largest absolute Gasteiger partial charge is 0.382 e. The minimum Gasteiger partial charge on any atom is -0.382 e. The molecule has 2 aromatic carbocycles. The van der Waals surface area contributed by atoms with Gasteiger partial charge in [-0.2, -0.15) is 9.78 Å². The van der Waals surface area contributed by atoms with Crippen molar-refractivity contribution in [1.29, 1.82) is 0 Å². The fraction of sp³-hybridized carbons (Fsp3) is 0. The molecule has 0 spiro atoms. The van der Waals surface area contributed by atoms with E-state index in [0.717, 1.165) is 4.88 Å². The summed E-state index contributed by atoms with van der Waals surface area (Å²) in [6.07, 6.45) is 1.61. The minimum absolute atomic E-state index is 0.0554. The van der Waals surface area contributed by atoms with Crippen molar-refractivity contribution in [2.24, 2.45) is 5.10 Å². The van der Waals surface area contributed by atoms with Crippen molar-refractivity contribution in [1.82, 2.24) is 14.6 Å². The zero-order valence-corrected chi connectivity index (χ0v) is 18.2. The van der Waals surface area contributed by atoms with Gasteiger partial charge in [-0.05, 0) is 47.8 Å². The summed E-state index contributed by atoms with van der Waals surface area (Å²) in [6, 6.07) is 16.9. The summed E-state index contributed by atoms with van der Waals surface area (Å²) in [6.45, 7) is 0. The summed E-state index contributed by atoms with van der Waals surface area (Å²) in [4.78, 5) is 9.99. The molecule has 0 saturated carbocycles. The molecule has 0 bridgehead atoms. The third-order valence-electron chi connectivity index (χ3n) is 4.66. The van der Waals surface area contributed by atoms with E-state index >= 15 is 0 Å². The first-order chi connectivity index (χ1) is 14.9. The molecule has 0 unspecified atom stereocenters. The predicted molar refractivity (Wildman–Crippen MR) is 124 cm³/mol. The quantitative estimate of drug-likeness (QED) is 0.389. The molecule has 3 heterocycles. The third-order valence-corrected chi connectivity index (χ3v) is 7.56. The second kappa shape index (κ2) is 7.45. The van der Waals surface area contributed by atoms with Crippen LogP contribution < -0.4 is 5.73 Å². The Bertz CT molecular complexity index is 1560. The number of rotatable bonds is 4. The lowest BCUT2D eigenvalue weighted by atomic mass is 10.3. The Balaban J connectivity index is 1.82. The van der Waals surface area contributed by atoms with Crippen LogP contribution in [0, 0.1) is 0 Å². The topological polar surface area (TPSA) is 103 Å². The van der Waals surface area contributed by atoms with E-state index in [1.54, 1.807) is 18.3 Å². The smallest absolute Gasteiger partial charge is 0.212 e. The average molecular weight is 468 g/mol. The second-order valence-corrected chi connectivity index (χ2v) is 9.93. The highest BCUT2D eigenvalue weighted by molar-refractivity contribution is 7.92. The highest BCUT2D eigenvalue weighted by atomic mass is 35.5. The number of nitrogens with two attached hydrogens (primary N) is 1. The Morgan fingerprint density at radius 1 is 1.00 bits per heavy atom. The van der Waals surface area contributed by atoms with E-state index in [0.29, 0.717) is 16.1 Å². The molecule has 5 aromatic rings. The molecule has 3 aromatic heterocycles. The van der Waals surface area contributed by atoms with Gasteiger partial charge in [0.05, 0.1) is 22.1 Å². The lowest BCUT2D eigenvalue weighted by Gasteiger charge is -2.05. The molecule has 0 saturated heterocycles. The van der Waals surface area contributed by atoms with Crippen LogP contribution in [0.15, 0.2) is 80.9 Å². The molecule has 0 aliphatic carbocycles. The number of fused-ring (bicyclic) bond motifs is 2. The number of halogens is 1. The maximum absolute atomic E-state index is 13.5. The maximum Gasteiger partial charge on any atom is 0.212 e. The van der Waals surface area contributed by atoms with E-state index in [2.05, 4.69) is 15.1 Å². The van der Waals surface area contributed by atoms with Gasteiger partial charge in [-0.25, -0.2) is 18.4 Å². The SMILES string of the molecule is Nc1c(S(=O)(=O)c2ccc(Cl)cc2)c2nc3ccccc3nc2n1N=Cc1cccs1. The Kier molecular flexibility index (Phi) is 4.73. The number of anilines is 1. The third kappa shape index (κ3) is 3.36. The molecule has 0 radical (unpaired) electrons. The summed E-state index contributed by atoms with van der Waals surface area (Å²) < 4.78 is 28.3. The molecule has 2 N–H and O–H groups in total. The van der Waals surface area contributed by atoms with E-state index < -0.39 is 9.84 Å². The lowest BCUT2D eigenvalue weighted by molar-refractivity contribution is 0.597. The summed E-state index contributed by atoms with van der Waals surface area (Å²) >= 11 is 7.43. The molecule has 10 heteroatoms. The van der Waals surface area contributed by atoms with Crippen LogP contribution in [0.1, 0.15) is 4.88 Å². The number of hydrogen-bond donors (Lipinski definition) is 1. The van der Waals surface area contributed by atoms with Crippen LogP contribution in [-0.2, 0) is 9.84 Å². The van der Waals surface area contributed by atoms with E-state index in [9.17, 15) is 8.42 Å². The number of nitrogens with zero attached hydrogens (tertiary/aromatic N) is 4. The number of aromatic nitrogens is 3. The molecule has 0 amide bonds. The van der Waals surface area contributed by atoms with Gasteiger partial charge in [-0.1, -0.05) is 29.8 Å². The normalized spacial score (nSPS) is 12.3. The first-order valence-electron chi connectivity index (χ1n) is 9.10. The number of sulfone groups is 1. The predicted octanol–water partition coefficient (Wildman–Crippen LogP) is 4.60. The van der Waals surface area contributed by atoms with Crippen LogP contribution in [0.3, 0.4) is 0 Å². The molecule has 154 valence electrons. The molecular weight excluding hydrogens is 454 g/mol. The Labute approximate surface area is 186 Å². The van der Waals surface area contributed by atoms with Crippen molar-refractivity contribution in [3.63, 3.8) is 0 Å². The van der Waals surface area contributed by atoms with Gasteiger partial charge in [0, 0.05) is 9.90 Å². The molecule has 31 heavy (non-hydrogen) atoms. The molecule has 7 nitrogen and oxygen atoms in total. The fourth-order valence-corrected chi connectivity index (χ4v) is 5.40. The van der Waals surface area contributed by atoms with Gasteiger partial charge in [0.2, 0.25) is 9.84 Å². The van der Waals surface area contributed by atoms with Crippen molar-refractivity contribution in [3.05, 3.63) is 75.9 Å². The van der Waals surface area contributed by atoms with Crippen molar-refractivity contribution < 1.29 is 8.42 Å². The highest BCUT2D eigenvalue weighted by Gasteiger charge is 2.30. The molecular formula is C21H14ClN5O2S2. The van der Waals surface area contributed by atoms with Crippen molar-refractivity contribution in [2.75, 3.05) is 5.73 Å². The van der Waals surface area contributed by atoms with Gasteiger partial charge in [0.15, 0.2) is 5.65 Å². The zero-order valence-electron chi connectivity index (χ0n) is 15.8. The van der Waals surface area contributed by atoms with Crippen LogP contribution in [-0.4, -0.2) is 29.3 Å². The van der Waals surface area contributed by atoms with Gasteiger partial charge >= 0.3 is 0 Å².